The van der Waals surface area contributed by atoms with Gasteiger partial charge in [-0.25, -0.2) is 8.78 Å². The summed E-state index contributed by atoms with van der Waals surface area (Å²) in [6.07, 6.45) is 2.41. The molecule has 1 N–H and O–H groups in total. The van der Waals surface area contributed by atoms with E-state index in [1.807, 2.05) is 7.05 Å². The van der Waals surface area contributed by atoms with Crippen LogP contribution < -0.4 is 5.32 Å². The molecule has 1 aromatic rings. The number of hydrogen-bond acceptors (Lipinski definition) is 3. The molecule has 0 amide bonds. The second-order valence-corrected chi connectivity index (χ2v) is 4.57. The van der Waals surface area contributed by atoms with E-state index >= 15 is 0 Å². The van der Waals surface area contributed by atoms with Crippen LogP contribution in [0.15, 0.2) is 12.1 Å². The summed E-state index contributed by atoms with van der Waals surface area (Å²) >= 11 is 0. The molecule has 96 valence electrons. The number of benzene rings is 1. The van der Waals surface area contributed by atoms with Crippen LogP contribution in [0.4, 0.5) is 14.5 Å². The number of halogens is 2. The number of hydrogen-bond donors (Lipinski definition) is 1. The molecule has 0 aliphatic heterocycles. The molecule has 0 saturated heterocycles. The molecule has 0 radical (unpaired) electrons. The summed E-state index contributed by atoms with van der Waals surface area (Å²) in [5.74, 6) is -1.44. The summed E-state index contributed by atoms with van der Waals surface area (Å²) in [7, 11) is 2.00. The molecule has 1 saturated carbocycles. The fourth-order valence-corrected chi connectivity index (χ4v) is 1.86. The lowest BCUT2D eigenvalue weighted by molar-refractivity contribution is 0.337. The average molecular weight is 251 g/mol. The van der Waals surface area contributed by atoms with Gasteiger partial charge in [-0.3, -0.25) is 0 Å². The number of nitrogens with zero attached hydrogens (tertiary/aromatic N) is 2. The van der Waals surface area contributed by atoms with E-state index in [-0.39, 0.29) is 11.3 Å². The summed E-state index contributed by atoms with van der Waals surface area (Å²) in [4.78, 5) is 2.17. The van der Waals surface area contributed by atoms with Gasteiger partial charge in [0.1, 0.15) is 5.69 Å². The van der Waals surface area contributed by atoms with Crippen molar-refractivity contribution in [1.29, 1.82) is 5.26 Å². The quantitative estimate of drug-likeness (QED) is 0.873. The number of likely N-dealkylation sites (N-methyl/N-ethyl adjacent to an activating group) is 1. The van der Waals surface area contributed by atoms with Gasteiger partial charge in [0, 0.05) is 19.1 Å². The maximum Gasteiger partial charge on any atom is 0.150 e. The molecular weight excluding hydrogens is 236 g/mol. The summed E-state index contributed by atoms with van der Waals surface area (Å²) in [6.45, 7) is 1.22. The SMILES string of the molecule is CN(CCNc1c(F)cc(C#N)cc1F)C1CC1. The van der Waals surface area contributed by atoms with Crippen molar-refractivity contribution in [3.63, 3.8) is 0 Å². The number of nitriles is 1. The summed E-state index contributed by atoms with van der Waals surface area (Å²) in [5.41, 5.74) is -0.163. The third-order valence-electron chi connectivity index (χ3n) is 3.11. The van der Waals surface area contributed by atoms with Crippen LogP contribution in [0.1, 0.15) is 18.4 Å². The van der Waals surface area contributed by atoms with Crippen LogP contribution in [0.5, 0.6) is 0 Å². The maximum atomic E-state index is 13.5. The Hall–Kier alpha value is -1.67. The van der Waals surface area contributed by atoms with Gasteiger partial charge >= 0.3 is 0 Å². The summed E-state index contributed by atoms with van der Waals surface area (Å²) in [6, 6.07) is 4.42. The lowest BCUT2D eigenvalue weighted by Crippen LogP contribution is -2.27. The second-order valence-electron chi connectivity index (χ2n) is 4.57. The Kier molecular flexibility index (Phi) is 3.78. The van der Waals surface area contributed by atoms with Crippen LogP contribution in [-0.2, 0) is 0 Å². The number of nitrogens with one attached hydrogen (secondary N) is 1. The van der Waals surface area contributed by atoms with E-state index in [2.05, 4.69) is 10.2 Å². The molecule has 1 aliphatic rings. The minimum absolute atomic E-state index is 0.00866. The zero-order valence-electron chi connectivity index (χ0n) is 10.2. The van der Waals surface area contributed by atoms with Crippen LogP contribution in [-0.4, -0.2) is 31.1 Å². The van der Waals surface area contributed by atoms with Crippen LogP contribution in [0.2, 0.25) is 0 Å². The van der Waals surface area contributed by atoms with Gasteiger partial charge < -0.3 is 10.2 Å². The van der Waals surface area contributed by atoms with Crippen molar-refractivity contribution in [3.8, 4) is 6.07 Å². The fourth-order valence-electron chi connectivity index (χ4n) is 1.86. The highest BCUT2D eigenvalue weighted by molar-refractivity contribution is 5.50. The average Bonchev–Trinajstić information content (AvgIpc) is 3.16. The zero-order chi connectivity index (χ0) is 13.1. The molecule has 1 aliphatic carbocycles. The van der Waals surface area contributed by atoms with Crippen LogP contribution in [0, 0.1) is 23.0 Å². The summed E-state index contributed by atoms with van der Waals surface area (Å²) in [5, 5.41) is 11.3. The fraction of sp³-hybridized carbons (Fsp3) is 0.462. The first kappa shape index (κ1) is 12.8. The first-order valence-corrected chi connectivity index (χ1v) is 5.95. The maximum absolute atomic E-state index is 13.5. The Balaban J connectivity index is 1.94. The van der Waals surface area contributed by atoms with E-state index in [9.17, 15) is 8.78 Å². The largest absolute Gasteiger partial charge is 0.379 e. The van der Waals surface area contributed by atoms with Crippen molar-refractivity contribution in [2.75, 3.05) is 25.5 Å². The lowest BCUT2D eigenvalue weighted by atomic mass is 10.2. The van der Waals surface area contributed by atoms with Crippen LogP contribution in [0.3, 0.4) is 0 Å². The van der Waals surface area contributed by atoms with Gasteiger partial charge in [0.05, 0.1) is 11.6 Å². The highest BCUT2D eigenvalue weighted by Gasteiger charge is 2.25. The third-order valence-corrected chi connectivity index (χ3v) is 3.11. The highest BCUT2D eigenvalue weighted by atomic mass is 19.1. The molecule has 1 aromatic carbocycles. The van der Waals surface area contributed by atoms with E-state index in [0.29, 0.717) is 12.6 Å². The molecule has 0 atom stereocenters. The molecule has 0 aromatic heterocycles. The normalized spacial score (nSPS) is 14.6. The molecular formula is C13H15F2N3. The van der Waals surface area contributed by atoms with E-state index in [1.54, 1.807) is 6.07 Å². The minimum atomic E-state index is -0.722. The van der Waals surface area contributed by atoms with Gasteiger partial charge in [-0.2, -0.15) is 5.26 Å². The van der Waals surface area contributed by atoms with Gasteiger partial charge in [0.25, 0.3) is 0 Å². The molecule has 0 spiro atoms. The van der Waals surface area contributed by atoms with Crippen molar-refractivity contribution in [1.82, 2.24) is 4.90 Å². The highest BCUT2D eigenvalue weighted by Crippen LogP contribution is 2.25. The second kappa shape index (κ2) is 5.32. The molecule has 3 nitrogen and oxygen atoms in total. The van der Waals surface area contributed by atoms with Gasteiger partial charge in [0.15, 0.2) is 11.6 Å². The van der Waals surface area contributed by atoms with Crippen molar-refractivity contribution in [3.05, 3.63) is 29.3 Å². The molecule has 0 unspecified atom stereocenters. The third kappa shape index (κ3) is 2.96. The Morgan fingerprint density at radius 3 is 2.50 bits per heavy atom. The van der Waals surface area contributed by atoms with Gasteiger partial charge in [0.2, 0.25) is 0 Å². The number of anilines is 1. The lowest BCUT2D eigenvalue weighted by Gasteiger charge is -2.16. The minimum Gasteiger partial charge on any atom is -0.379 e. The van der Waals surface area contributed by atoms with E-state index < -0.39 is 11.6 Å². The molecule has 18 heavy (non-hydrogen) atoms. The van der Waals surface area contributed by atoms with Crippen molar-refractivity contribution < 1.29 is 8.78 Å². The van der Waals surface area contributed by atoms with Crippen molar-refractivity contribution in [2.45, 2.75) is 18.9 Å². The van der Waals surface area contributed by atoms with E-state index in [4.69, 9.17) is 5.26 Å². The molecule has 0 heterocycles. The predicted octanol–water partition coefficient (Wildman–Crippen LogP) is 2.34. The first-order valence-electron chi connectivity index (χ1n) is 5.95. The van der Waals surface area contributed by atoms with Gasteiger partial charge in [-0.1, -0.05) is 0 Å². The summed E-state index contributed by atoms with van der Waals surface area (Å²) < 4.78 is 27.1. The molecule has 1 fully saturated rings. The Labute approximate surface area is 105 Å². The van der Waals surface area contributed by atoms with Crippen LogP contribution in [0.25, 0.3) is 0 Å². The molecule has 0 bridgehead atoms. The monoisotopic (exact) mass is 251 g/mol. The van der Waals surface area contributed by atoms with Gasteiger partial charge in [-0.05, 0) is 32.0 Å². The standard InChI is InChI=1S/C13H15F2N3/c1-18(10-2-3-10)5-4-17-13-11(14)6-9(8-16)7-12(13)15/h6-7,10,17H,2-5H2,1H3. The van der Waals surface area contributed by atoms with Crippen molar-refractivity contribution >= 4 is 5.69 Å². The number of rotatable bonds is 5. The smallest absolute Gasteiger partial charge is 0.150 e. The zero-order valence-corrected chi connectivity index (χ0v) is 10.2. The Bertz CT molecular complexity index is 455. The Morgan fingerprint density at radius 1 is 1.39 bits per heavy atom. The van der Waals surface area contributed by atoms with E-state index in [1.165, 1.54) is 12.8 Å². The molecule has 5 heteroatoms. The Morgan fingerprint density at radius 2 is 2.00 bits per heavy atom. The van der Waals surface area contributed by atoms with Crippen LogP contribution >= 0.6 is 0 Å². The molecule has 2 rings (SSSR count). The van der Waals surface area contributed by atoms with Gasteiger partial charge in [-0.15, -0.1) is 0 Å². The van der Waals surface area contributed by atoms with Crippen molar-refractivity contribution in [2.24, 2.45) is 0 Å². The topological polar surface area (TPSA) is 39.1 Å². The first-order chi connectivity index (χ1) is 8.61. The van der Waals surface area contributed by atoms with E-state index in [0.717, 1.165) is 18.7 Å². The predicted molar refractivity (Wildman–Crippen MR) is 65.2 cm³/mol.